The predicted octanol–water partition coefficient (Wildman–Crippen LogP) is 3.26. The minimum atomic E-state index is -0.669. The number of aromatic amines is 1. The first-order valence-corrected chi connectivity index (χ1v) is 10.7. The first-order valence-electron chi connectivity index (χ1n) is 10.7. The lowest BCUT2D eigenvalue weighted by atomic mass is 10.0. The first-order chi connectivity index (χ1) is 16.0. The number of anilines is 1. The van der Waals surface area contributed by atoms with Gasteiger partial charge in [0.05, 0.1) is 23.0 Å². The summed E-state index contributed by atoms with van der Waals surface area (Å²) < 4.78 is 11.4. The Balaban J connectivity index is 1.61. The van der Waals surface area contributed by atoms with Gasteiger partial charge in [-0.2, -0.15) is 0 Å². The Morgan fingerprint density at radius 1 is 1.27 bits per heavy atom. The van der Waals surface area contributed by atoms with E-state index in [4.69, 9.17) is 26.4 Å². The number of pyridine rings is 2. The number of primary amides is 1. The molecule has 4 aromatic rings. The Kier molecular flexibility index (Phi) is 5.18. The lowest BCUT2D eigenvalue weighted by molar-refractivity contribution is 0.0411. The second-order valence-corrected chi connectivity index (χ2v) is 8.19. The summed E-state index contributed by atoms with van der Waals surface area (Å²) in [6, 6.07) is 10.7. The molecule has 9 nitrogen and oxygen atoms in total. The summed E-state index contributed by atoms with van der Waals surface area (Å²) in [7, 11) is 1.69. The van der Waals surface area contributed by atoms with E-state index in [1.54, 1.807) is 31.4 Å². The van der Waals surface area contributed by atoms with Gasteiger partial charge in [0.25, 0.3) is 5.91 Å². The van der Waals surface area contributed by atoms with E-state index < -0.39 is 5.91 Å². The number of nitrogens with zero attached hydrogens (tertiary/aromatic N) is 2. The molecule has 9 heteroatoms. The fourth-order valence-electron chi connectivity index (χ4n) is 4.17. The van der Waals surface area contributed by atoms with Crippen molar-refractivity contribution in [1.29, 1.82) is 5.41 Å². The van der Waals surface area contributed by atoms with Crippen LogP contribution >= 0.6 is 0 Å². The topological polar surface area (TPSA) is 153 Å². The van der Waals surface area contributed by atoms with E-state index in [-0.39, 0.29) is 11.8 Å². The summed E-state index contributed by atoms with van der Waals surface area (Å²) in [5.41, 5.74) is 15.1. The summed E-state index contributed by atoms with van der Waals surface area (Å²) in [5, 5.41) is 9.25. The number of nitrogen functional groups attached to an aromatic ring is 1. The van der Waals surface area contributed by atoms with E-state index in [1.807, 2.05) is 12.1 Å². The molecule has 1 aliphatic carbocycles. The molecular weight excluding hydrogens is 420 g/mol. The second-order valence-electron chi connectivity index (χ2n) is 8.19. The molecule has 1 fully saturated rings. The summed E-state index contributed by atoms with van der Waals surface area (Å²) in [6.07, 6.45) is 3.56. The molecule has 3 heterocycles. The van der Waals surface area contributed by atoms with Crippen molar-refractivity contribution in [2.45, 2.75) is 18.9 Å². The number of amides is 1. The maximum atomic E-state index is 12.3. The second kappa shape index (κ2) is 8.18. The minimum Gasteiger partial charge on any atom is -0.475 e. The molecule has 6 N–H and O–H groups in total. The molecule has 1 amide bonds. The fraction of sp³-hybridized carbons (Fsp3) is 0.250. The number of aromatic nitrogens is 3. The van der Waals surface area contributed by atoms with Crippen LogP contribution in [0, 0.1) is 11.3 Å². The van der Waals surface area contributed by atoms with Crippen LogP contribution in [0.5, 0.6) is 5.88 Å². The predicted molar refractivity (Wildman–Crippen MR) is 127 cm³/mol. The van der Waals surface area contributed by atoms with Crippen molar-refractivity contribution >= 4 is 39.6 Å². The van der Waals surface area contributed by atoms with Crippen molar-refractivity contribution in [2.24, 2.45) is 11.7 Å². The Hall–Kier alpha value is -3.98. The van der Waals surface area contributed by atoms with Crippen molar-refractivity contribution in [2.75, 3.05) is 19.5 Å². The summed E-state index contributed by atoms with van der Waals surface area (Å²) in [4.78, 5) is 24.5. The molecular formula is C24H24N6O3. The van der Waals surface area contributed by atoms with Crippen LogP contribution in [0.25, 0.3) is 33.2 Å². The van der Waals surface area contributed by atoms with Crippen molar-refractivity contribution in [3.05, 3.63) is 47.7 Å². The van der Waals surface area contributed by atoms with Gasteiger partial charge >= 0.3 is 0 Å². The van der Waals surface area contributed by atoms with Crippen LogP contribution in [0.2, 0.25) is 0 Å². The third kappa shape index (κ3) is 3.76. The monoisotopic (exact) mass is 444 g/mol. The van der Waals surface area contributed by atoms with E-state index >= 15 is 0 Å². The third-order valence-electron chi connectivity index (χ3n) is 6.04. The van der Waals surface area contributed by atoms with E-state index in [2.05, 4.69) is 15.0 Å². The largest absolute Gasteiger partial charge is 0.475 e. The molecule has 5 rings (SSSR count). The van der Waals surface area contributed by atoms with Gasteiger partial charge in [0.15, 0.2) is 5.69 Å². The summed E-state index contributed by atoms with van der Waals surface area (Å²) in [5.74, 6) is 0.316. The Morgan fingerprint density at radius 3 is 2.79 bits per heavy atom. The van der Waals surface area contributed by atoms with Crippen LogP contribution in [-0.4, -0.2) is 46.9 Å². The average Bonchev–Trinajstić information content (AvgIpc) is 3.59. The standard InChI is InChI=1S/C24H24N6O3/c1-32-19(12-5-6-12)11-33-20-4-2-3-16(28-20)18-9-13-21-14(10-25)15(26)7-8-17(21)29-22(13)23(30-18)24(27)31/h2-4,7-10,12,19,25,29H,5-6,11,26H2,1H3,(H2,27,31). The Labute approximate surface area is 189 Å². The zero-order chi connectivity index (χ0) is 23.1. The number of fused-ring (bicyclic) bond motifs is 3. The molecule has 3 aromatic heterocycles. The highest BCUT2D eigenvalue weighted by molar-refractivity contribution is 6.20. The van der Waals surface area contributed by atoms with Gasteiger partial charge in [-0.1, -0.05) is 6.07 Å². The SMILES string of the molecule is COC(COc1cccc(-c2cc3c([nH]c4ccc(N)c(C=N)c43)c(C(N)=O)n2)n1)C1CC1. The van der Waals surface area contributed by atoms with Crippen LogP contribution in [-0.2, 0) is 4.74 Å². The van der Waals surface area contributed by atoms with Gasteiger partial charge in [-0.25, -0.2) is 9.97 Å². The quantitative estimate of drug-likeness (QED) is 0.242. The number of nitrogens with two attached hydrogens (primary N) is 2. The van der Waals surface area contributed by atoms with Gasteiger partial charge in [0, 0.05) is 46.9 Å². The normalized spacial score (nSPS) is 14.5. The maximum absolute atomic E-state index is 12.3. The highest BCUT2D eigenvalue weighted by Gasteiger charge is 2.31. The Morgan fingerprint density at radius 2 is 2.09 bits per heavy atom. The molecule has 0 saturated heterocycles. The molecule has 1 atom stereocenters. The first kappa shape index (κ1) is 20.9. The summed E-state index contributed by atoms with van der Waals surface area (Å²) in [6.45, 7) is 0.418. The van der Waals surface area contributed by atoms with E-state index in [9.17, 15) is 4.79 Å². The van der Waals surface area contributed by atoms with Crippen LogP contribution < -0.4 is 16.2 Å². The van der Waals surface area contributed by atoms with E-state index in [1.165, 1.54) is 6.21 Å². The van der Waals surface area contributed by atoms with Crippen molar-refractivity contribution in [1.82, 2.24) is 15.0 Å². The van der Waals surface area contributed by atoms with Crippen molar-refractivity contribution in [3.8, 4) is 17.3 Å². The lowest BCUT2D eigenvalue weighted by Crippen LogP contribution is -2.22. The van der Waals surface area contributed by atoms with Crippen LogP contribution in [0.1, 0.15) is 28.9 Å². The molecule has 1 unspecified atom stereocenters. The fourth-order valence-corrected chi connectivity index (χ4v) is 4.17. The molecule has 33 heavy (non-hydrogen) atoms. The molecule has 0 spiro atoms. The maximum Gasteiger partial charge on any atom is 0.269 e. The lowest BCUT2D eigenvalue weighted by Gasteiger charge is -2.15. The minimum absolute atomic E-state index is 0.0441. The molecule has 0 aliphatic heterocycles. The third-order valence-corrected chi connectivity index (χ3v) is 6.04. The number of carbonyl (C=O) groups is 1. The zero-order valence-electron chi connectivity index (χ0n) is 18.1. The van der Waals surface area contributed by atoms with E-state index in [0.29, 0.717) is 51.9 Å². The zero-order valence-corrected chi connectivity index (χ0v) is 18.1. The summed E-state index contributed by atoms with van der Waals surface area (Å²) >= 11 is 0. The van der Waals surface area contributed by atoms with Crippen LogP contribution in [0.3, 0.4) is 0 Å². The van der Waals surface area contributed by atoms with E-state index in [0.717, 1.165) is 23.7 Å². The molecule has 1 saturated carbocycles. The molecule has 1 aliphatic rings. The van der Waals surface area contributed by atoms with Gasteiger partial charge in [-0.05, 0) is 43.0 Å². The van der Waals surface area contributed by atoms with Gasteiger partial charge < -0.3 is 31.3 Å². The number of H-pyrrole nitrogens is 1. The van der Waals surface area contributed by atoms with Crippen LogP contribution in [0.4, 0.5) is 5.69 Å². The molecule has 0 radical (unpaired) electrons. The molecule has 1 aromatic carbocycles. The van der Waals surface area contributed by atoms with Crippen molar-refractivity contribution < 1.29 is 14.3 Å². The average molecular weight is 444 g/mol. The number of benzene rings is 1. The number of rotatable bonds is 8. The number of hydrogen-bond donors (Lipinski definition) is 4. The number of hydrogen-bond acceptors (Lipinski definition) is 7. The number of ether oxygens (including phenoxy) is 2. The number of methoxy groups -OCH3 is 1. The van der Waals surface area contributed by atoms with Crippen molar-refractivity contribution in [3.63, 3.8) is 0 Å². The number of carbonyl (C=O) groups excluding carboxylic acids is 1. The van der Waals surface area contributed by atoms with Gasteiger partial charge in [-0.3, -0.25) is 4.79 Å². The van der Waals surface area contributed by atoms with Gasteiger partial charge in [0.2, 0.25) is 5.88 Å². The van der Waals surface area contributed by atoms with Gasteiger partial charge in [-0.15, -0.1) is 0 Å². The Bertz CT molecular complexity index is 1390. The highest BCUT2D eigenvalue weighted by atomic mass is 16.5. The van der Waals surface area contributed by atoms with Gasteiger partial charge in [0.1, 0.15) is 6.61 Å². The number of nitrogens with one attached hydrogen (secondary N) is 2. The molecule has 0 bridgehead atoms. The highest BCUT2D eigenvalue weighted by Crippen LogP contribution is 2.35. The molecule has 168 valence electrons. The smallest absolute Gasteiger partial charge is 0.269 e. The van der Waals surface area contributed by atoms with Crippen LogP contribution in [0.15, 0.2) is 36.4 Å².